The zero-order valence-electron chi connectivity index (χ0n) is 64.7. The van der Waals surface area contributed by atoms with E-state index < -0.39 is 0 Å². The zero-order chi connectivity index (χ0) is 80.2. The van der Waals surface area contributed by atoms with Crippen molar-refractivity contribution in [3.63, 3.8) is 0 Å². The number of hydrogen-bond donors (Lipinski definition) is 0. The first-order valence-electron chi connectivity index (χ1n) is 39.4. The summed E-state index contributed by atoms with van der Waals surface area (Å²) in [5.74, 6) is 2.58. The molecule has 14 heteroatoms. The highest BCUT2D eigenvalue weighted by molar-refractivity contribution is 5.83. The third kappa shape index (κ3) is 16.7. The second-order valence-electron chi connectivity index (χ2n) is 28.5. The molecule has 0 atom stereocenters. The van der Waals surface area contributed by atoms with E-state index in [4.69, 9.17) is 59.8 Å². The van der Waals surface area contributed by atoms with Crippen LogP contribution in [0.25, 0.3) is 204 Å². The molecule has 0 saturated heterocycles. The molecule has 0 N–H and O–H groups in total. The van der Waals surface area contributed by atoms with Crippen LogP contribution < -0.4 is 0 Å². The maximum atomic E-state index is 5.18. The van der Waals surface area contributed by atoms with Crippen molar-refractivity contribution in [2.24, 2.45) is 0 Å². The fourth-order valence-electron chi connectivity index (χ4n) is 14.3. The Morgan fingerprint density at radius 3 is 0.708 bits per heavy atom. The predicted molar refractivity (Wildman–Crippen MR) is 480 cm³/mol. The van der Waals surface area contributed by atoms with Gasteiger partial charge in [-0.05, 0) is 125 Å². The average Bonchev–Trinajstić information content (AvgIpc) is 0.784. The van der Waals surface area contributed by atoms with Gasteiger partial charge in [-0.3, -0.25) is 15.0 Å². The Hall–Kier alpha value is -16.6. The van der Waals surface area contributed by atoms with Crippen molar-refractivity contribution in [1.29, 1.82) is 0 Å². The molecule has 0 aliphatic heterocycles. The summed E-state index contributed by atoms with van der Waals surface area (Å²) in [4.78, 5) is 69.9. The number of pyridine rings is 6. The monoisotopic (exact) mass is 1540 g/mol. The molecule has 120 heavy (non-hydrogen) atoms. The molecule has 0 aliphatic rings. The van der Waals surface area contributed by atoms with Gasteiger partial charge in [0.2, 0.25) is 0 Å². The van der Waals surface area contributed by atoms with Crippen molar-refractivity contribution in [3.05, 3.63) is 425 Å². The van der Waals surface area contributed by atoms with E-state index in [0.29, 0.717) is 40.4 Å². The number of rotatable bonds is 18. The minimum Gasteiger partial charge on any atom is -0.255 e. The fraction of sp³-hybridized carbons (Fsp3) is 0. The van der Waals surface area contributed by atoms with Crippen molar-refractivity contribution < 1.29 is 0 Å². The second kappa shape index (κ2) is 34.2. The smallest absolute Gasteiger partial charge is 0.160 e. The Morgan fingerprint density at radius 1 is 0.108 bits per heavy atom. The van der Waals surface area contributed by atoms with Crippen LogP contribution in [-0.2, 0) is 0 Å². The standard InChI is InChI=1S/2C53H35N7/c1-5-16-36(17-6-1)46-33-47(37-18-7-2-8-19-37)59-53(58-46)41-25-15-24-40(30-41)43-31-50(44-26-13-14-29-54-44)56-51(32-43)45-28-27-42(35-55-45)49-34-48(38-20-9-3-10-21-38)57-52(60-49)39-22-11-4-12-23-39;1-5-16-37(17-6-1)46-34-47(38-18-7-2-8-19-38)58-53(57-46)41-29-27-36(28-30-41)42-32-49(43-24-13-14-31-54-43)56-50(33-42)44-25-15-26-45(55-44)51-35-48(39-20-9-3-10-21-39)59-52(60-51)40-22-11-4-12-23-40/h2*1-35H. The summed E-state index contributed by atoms with van der Waals surface area (Å²) in [7, 11) is 0. The van der Waals surface area contributed by atoms with Crippen LogP contribution in [0.15, 0.2) is 425 Å². The lowest BCUT2D eigenvalue weighted by Gasteiger charge is -2.12. The van der Waals surface area contributed by atoms with Crippen LogP contribution in [0.3, 0.4) is 0 Å². The van der Waals surface area contributed by atoms with E-state index in [-0.39, 0.29) is 0 Å². The van der Waals surface area contributed by atoms with Gasteiger partial charge in [-0.1, -0.05) is 303 Å². The van der Waals surface area contributed by atoms with Crippen LogP contribution in [0, 0.1) is 0 Å². The SMILES string of the molecule is c1ccc(-c2cc(-c3ccc(-c4cc(-c5cccc(-c6nc(-c7ccccc7)cc(-c7ccccc7)n6)c5)cc(-c5ccccn5)n4)nc3)nc(-c3ccccc3)n2)cc1.c1ccc(-c2cc(-c3ccccc3)nc(-c3ccc(-c4cc(-c5ccccn5)nc(-c5cccc(-c6cc(-c7ccccc7)nc(-c7ccccc7)n6)n5)c4)cc3)n2)cc1. The van der Waals surface area contributed by atoms with Crippen LogP contribution in [-0.4, -0.2) is 69.8 Å². The molecule has 10 aromatic heterocycles. The number of benzene rings is 10. The molecule has 0 amide bonds. The molecular weight excluding hydrogens is 1470 g/mol. The van der Waals surface area contributed by atoms with Gasteiger partial charge in [-0.25, -0.2) is 54.8 Å². The molecule has 564 valence electrons. The van der Waals surface area contributed by atoms with Crippen LogP contribution >= 0.6 is 0 Å². The summed E-state index contributed by atoms with van der Waals surface area (Å²) < 4.78 is 0. The Balaban J connectivity index is 0.000000159. The van der Waals surface area contributed by atoms with E-state index >= 15 is 0 Å². The summed E-state index contributed by atoms with van der Waals surface area (Å²) in [6.07, 6.45) is 5.43. The lowest BCUT2D eigenvalue weighted by molar-refractivity contribution is 1.16. The first kappa shape index (κ1) is 73.6. The molecule has 0 spiro atoms. The Labute approximate surface area is 694 Å². The second-order valence-corrected chi connectivity index (χ2v) is 28.5. The highest BCUT2D eigenvalue weighted by Crippen LogP contribution is 2.38. The molecule has 0 radical (unpaired) electrons. The lowest BCUT2D eigenvalue weighted by atomic mass is 10.00. The maximum Gasteiger partial charge on any atom is 0.160 e. The first-order valence-corrected chi connectivity index (χ1v) is 39.4. The third-order valence-corrected chi connectivity index (χ3v) is 20.4. The molecule has 0 aliphatic carbocycles. The highest BCUT2D eigenvalue weighted by Gasteiger charge is 2.21. The Morgan fingerprint density at radius 2 is 0.350 bits per heavy atom. The largest absolute Gasteiger partial charge is 0.255 e. The quantitative estimate of drug-likeness (QED) is 0.0791. The molecule has 0 bridgehead atoms. The Bertz CT molecular complexity index is 6300. The van der Waals surface area contributed by atoms with Gasteiger partial charge in [0.15, 0.2) is 23.3 Å². The minimum absolute atomic E-state index is 0.633. The van der Waals surface area contributed by atoms with E-state index in [9.17, 15) is 0 Å². The molecule has 20 rings (SSSR count). The van der Waals surface area contributed by atoms with Gasteiger partial charge >= 0.3 is 0 Å². The van der Waals surface area contributed by atoms with Gasteiger partial charge in [0.1, 0.15) is 0 Å². The molecule has 20 aromatic rings. The fourth-order valence-corrected chi connectivity index (χ4v) is 14.3. The van der Waals surface area contributed by atoms with Gasteiger partial charge < -0.3 is 0 Å². The molecule has 10 aromatic carbocycles. The molecule has 10 heterocycles. The number of nitrogens with zero attached hydrogens (tertiary/aromatic N) is 14. The van der Waals surface area contributed by atoms with Crippen molar-refractivity contribution in [1.82, 2.24) is 69.8 Å². The first-order chi connectivity index (χ1) is 59.4. The summed E-state index contributed by atoms with van der Waals surface area (Å²) in [6.45, 7) is 0. The van der Waals surface area contributed by atoms with Gasteiger partial charge in [0.25, 0.3) is 0 Å². The average molecular weight is 1540 g/mol. The van der Waals surface area contributed by atoms with Gasteiger partial charge in [0.05, 0.1) is 96.8 Å². The summed E-state index contributed by atoms with van der Waals surface area (Å²) in [6, 6.07) is 136. The molecular formula is C106H70N14. The molecule has 0 fully saturated rings. The van der Waals surface area contributed by atoms with Crippen molar-refractivity contribution in [2.45, 2.75) is 0 Å². The third-order valence-electron chi connectivity index (χ3n) is 20.4. The lowest BCUT2D eigenvalue weighted by Crippen LogP contribution is -1.98. The van der Waals surface area contributed by atoms with Crippen LogP contribution in [0.2, 0.25) is 0 Å². The number of hydrogen-bond acceptors (Lipinski definition) is 14. The summed E-state index contributed by atoms with van der Waals surface area (Å²) >= 11 is 0. The van der Waals surface area contributed by atoms with Crippen molar-refractivity contribution in [3.8, 4) is 204 Å². The van der Waals surface area contributed by atoms with Gasteiger partial charge in [-0.2, -0.15) is 0 Å². The van der Waals surface area contributed by atoms with E-state index in [1.165, 1.54) is 0 Å². The van der Waals surface area contributed by atoms with Crippen molar-refractivity contribution in [2.75, 3.05) is 0 Å². The maximum absolute atomic E-state index is 5.18. The summed E-state index contributed by atoms with van der Waals surface area (Å²) in [5, 5.41) is 0. The van der Waals surface area contributed by atoms with Crippen LogP contribution in [0.5, 0.6) is 0 Å². The Kier molecular flexibility index (Phi) is 21.0. The topological polar surface area (TPSA) is 180 Å². The van der Waals surface area contributed by atoms with E-state index in [1.807, 2.05) is 261 Å². The van der Waals surface area contributed by atoms with Gasteiger partial charge in [0, 0.05) is 79.8 Å². The van der Waals surface area contributed by atoms with E-state index in [0.717, 1.165) is 163 Å². The summed E-state index contributed by atoms with van der Waals surface area (Å²) in [5.41, 5.74) is 27.9. The van der Waals surface area contributed by atoms with Crippen LogP contribution in [0.1, 0.15) is 0 Å². The molecule has 0 saturated carbocycles. The number of aromatic nitrogens is 14. The van der Waals surface area contributed by atoms with Gasteiger partial charge in [-0.15, -0.1) is 0 Å². The zero-order valence-corrected chi connectivity index (χ0v) is 64.7. The normalized spacial score (nSPS) is 11.0. The van der Waals surface area contributed by atoms with E-state index in [2.05, 4.69) is 162 Å². The van der Waals surface area contributed by atoms with Crippen molar-refractivity contribution >= 4 is 0 Å². The molecule has 14 nitrogen and oxygen atoms in total. The highest BCUT2D eigenvalue weighted by atomic mass is 14.9. The van der Waals surface area contributed by atoms with Crippen LogP contribution in [0.4, 0.5) is 0 Å². The van der Waals surface area contributed by atoms with E-state index in [1.54, 1.807) is 12.4 Å². The minimum atomic E-state index is 0.633. The predicted octanol–water partition coefficient (Wildman–Crippen LogP) is 24.9. The molecule has 0 unspecified atom stereocenters.